The van der Waals surface area contributed by atoms with E-state index in [1.807, 2.05) is 0 Å². The van der Waals surface area contributed by atoms with Crippen molar-refractivity contribution in [1.29, 1.82) is 0 Å². The molecule has 1 unspecified atom stereocenters. The van der Waals surface area contributed by atoms with Crippen molar-refractivity contribution >= 4 is 24.5 Å². The summed E-state index contributed by atoms with van der Waals surface area (Å²) >= 11 is 0. The standard InChI is InChI=1S/C21H23F2N11O2/c1-13-29-19(18(24)36)31-34(13)20-16(23)11-27-21(30-20)32(5-4-25-12-35)6-7-33-17(2-3-28-33)14-8-15(22)10-26-9-14/h3,8-12,17H,2,4-7H2,1H3,(H2,24,36)(H,25,35). The van der Waals surface area contributed by atoms with Crippen molar-refractivity contribution in [3.05, 3.63) is 53.5 Å². The summed E-state index contributed by atoms with van der Waals surface area (Å²) in [5.74, 6) is -2.20. The highest BCUT2D eigenvalue weighted by Gasteiger charge is 2.25. The van der Waals surface area contributed by atoms with E-state index in [4.69, 9.17) is 5.73 Å². The normalized spacial score (nSPS) is 14.8. The minimum Gasteiger partial charge on any atom is -0.363 e. The Kier molecular flexibility index (Phi) is 7.36. The van der Waals surface area contributed by atoms with Gasteiger partial charge in [-0.3, -0.25) is 19.6 Å². The number of pyridine rings is 1. The highest BCUT2D eigenvalue weighted by atomic mass is 19.1. The van der Waals surface area contributed by atoms with Gasteiger partial charge in [-0.1, -0.05) is 0 Å². The van der Waals surface area contributed by atoms with Gasteiger partial charge >= 0.3 is 0 Å². The van der Waals surface area contributed by atoms with E-state index in [0.29, 0.717) is 38.0 Å². The first-order valence-corrected chi connectivity index (χ1v) is 10.9. The summed E-state index contributed by atoms with van der Waals surface area (Å²) in [6.07, 6.45) is 6.61. The van der Waals surface area contributed by atoms with Crippen LogP contribution in [0.25, 0.3) is 5.82 Å². The van der Waals surface area contributed by atoms with Gasteiger partial charge in [0, 0.05) is 38.5 Å². The fraction of sp³-hybridized carbons (Fsp3) is 0.333. The summed E-state index contributed by atoms with van der Waals surface area (Å²) in [5.41, 5.74) is 5.92. The summed E-state index contributed by atoms with van der Waals surface area (Å²) in [6.45, 7) is 2.83. The fourth-order valence-corrected chi connectivity index (χ4v) is 3.72. The van der Waals surface area contributed by atoms with Crippen LogP contribution in [0.4, 0.5) is 14.7 Å². The van der Waals surface area contributed by atoms with Gasteiger partial charge in [-0.25, -0.2) is 18.7 Å². The van der Waals surface area contributed by atoms with Crippen molar-refractivity contribution < 1.29 is 18.4 Å². The highest BCUT2D eigenvalue weighted by molar-refractivity contribution is 5.88. The molecule has 0 saturated heterocycles. The van der Waals surface area contributed by atoms with Crippen LogP contribution in [0, 0.1) is 18.6 Å². The largest absolute Gasteiger partial charge is 0.363 e. The zero-order chi connectivity index (χ0) is 25.7. The number of carbonyl (C=O) groups excluding carboxylic acids is 2. The number of aromatic nitrogens is 6. The van der Waals surface area contributed by atoms with Crippen LogP contribution in [0.5, 0.6) is 0 Å². The number of hydrogen-bond donors (Lipinski definition) is 2. The van der Waals surface area contributed by atoms with Crippen LogP contribution in [0.15, 0.2) is 29.8 Å². The molecule has 4 rings (SSSR count). The highest BCUT2D eigenvalue weighted by Crippen LogP contribution is 2.28. The number of rotatable bonds is 11. The first-order chi connectivity index (χ1) is 17.4. The number of nitrogens with two attached hydrogens (primary N) is 1. The SMILES string of the molecule is Cc1nc(C(N)=O)nn1-c1nc(N(CCNC=O)CCN2N=CCC2c2cncc(F)c2)ncc1F. The molecule has 0 aliphatic carbocycles. The third-order valence-corrected chi connectivity index (χ3v) is 5.42. The molecule has 188 valence electrons. The smallest absolute Gasteiger partial charge is 0.288 e. The summed E-state index contributed by atoms with van der Waals surface area (Å²) in [5, 5.41) is 12.7. The summed E-state index contributed by atoms with van der Waals surface area (Å²) < 4.78 is 29.4. The van der Waals surface area contributed by atoms with Crippen molar-refractivity contribution in [2.24, 2.45) is 10.8 Å². The molecular formula is C21H23F2N11O2. The van der Waals surface area contributed by atoms with E-state index >= 15 is 0 Å². The lowest BCUT2D eigenvalue weighted by Crippen LogP contribution is -2.38. The molecule has 13 nitrogen and oxygen atoms in total. The van der Waals surface area contributed by atoms with Gasteiger partial charge in [-0.2, -0.15) is 14.8 Å². The maximum atomic E-state index is 14.6. The second kappa shape index (κ2) is 10.8. The topological polar surface area (TPSA) is 160 Å². The molecule has 1 aliphatic rings. The molecular weight excluding hydrogens is 476 g/mol. The first-order valence-electron chi connectivity index (χ1n) is 10.9. The average Bonchev–Trinajstić information content (AvgIpc) is 3.48. The van der Waals surface area contributed by atoms with E-state index in [-0.39, 0.29) is 36.0 Å². The third-order valence-electron chi connectivity index (χ3n) is 5.42. The molecule has 1 aliphatic heterocycles. The molecule has 0 fully saturated rings. The van der Waals surface area contributed by atoms with Crippen LogP contribution in [0.2, 0.25) is 0 Å². The number of nitrogens with one attached hydrogen (secondary N) is 1. The fourth-order valence-electron chi connectivity index (χ4n) is 3.72. The van der Waals surface area contributed by atoms with Gasteiger partial charge in [0.25, 0.3) is 5.91 Å². The third kappa shape index (κ3) is 5.39. The zero-order valence-corrected chi connectivity index (χ0v) is 19.3. The minimum absolute atomic E-state index is 0.154. The lowest BCUT2D eigenvalue weighted by molar-refractivity contribution is -0.109. The van der Waals surface area contributed by atoms with Gasteiger partial charge in [0.1, 0.15) is 11.6 Å². The van der Waals surface area contributed by atoms with E-state index in [0.717, 1.165) is 17.1 Å². The molecule has 15 heteroatoms. The monoisotopic (exact) mass is 499 g/mol. The number of primary amides is 1. The van der Waals surface area contributed by atoms with Crippen LogP contribution in [-0.4, -0.2) is 79.4 Å². The van der Waals surface area contributed by atoms with Gasteiger partial charge in [-0.05, 0) is 18.6 Å². The molecule has 0 spiro atoms. The van der Waals surface area contributed by atoms with Crippen molar-refractivity contribution in [3.8, 4) is 5.82 Å². The summed E-state index contributed by atoms with van der Waals surface area (Å²) in [7, 11) is 0. The zero-order valence-electron chi connectivity index (χ0n) is 19.3. The molecule has 0 aromatic carbocycles. The van der Waals surface area contributed by atoms with Crippen LogP contribution < -0.4 is 16.0 Å². The molecule has 3 N–H and O–H groups in total. The quantitative estimate of drug-likeness (QED) is 0.276. The van der Waals surface area contributed by atoms with Crippen LogP contribution in [0.3, 0.4) is 0 Å². The van der Waals surface area contributed by atoms with Gasteiger partial charge in [0.2, 0.25) is 18.2 Å². The maximum absolute atomic E-state index is 14.6. The Morgan fingerprint density at radius 3 is 2.83 bits per heavy atom. The number of amides is 2. The molecule has 0 saturated carbocycles. The molecule has 4 heterocycles. The predicted octanol–water partition coefficient (Wildman–Crippen LogP) is 0.123. The second-order valence-electron chi connectivity index (χ2n) is 7.81. The predicted molar refractivity (Wildman–Crippen MR) is 123 cm³/mol. The number of aryl methyl sites for hydroxylation is 1. The van der Waals surface area contributed by atoms with E-state index < -0.39 is 17.5 Å². The van der Waals surface area contributed by atoms with E-state index in [9.17, 15) is 18.4 Å². The van der Waals surface area contributed by atoms with Gasteiger partial charge in [0.15, 0.2) is 11.6 Å². The van der Waals surface area contributed by atoms with Gasteiger partial charge in [-0.15, -0.1) is 5.10 Å². The van der Waals surface area contributed by atoms with Crippen LogP contribution in [0.1, 0.15) is 34.5 Å². The number of halogens is 2. The number of hydrogen-bond acceptors (Lipinski definition) is 10. The average molecular weight is 499 g/mol. The van der Waals surface area contributed by atoms with Crippen molar-refractivity contribution in [1.82, 2.24) is 40.0 Å². The first kappa shape index (κ1) is 24.6. The molecule has 1 atom stereocenters. The lowest BCUT2D eigenvalue weighted by atomic mass is 10.1. The number of hydrazone groups is 1. The molecule has 0 radical (unpaired) electrons. The number of nitrogens with zero attached hydrogens (tertiary/aromatic N) is 9. The second-order valence-corrected chi connectivity index (χ2v) is 7.81. The minimum atomic E-state index is -0.859. The Labute approximate surface area is 204 Å². The molecule has 3 aromatic heterocycles. The van der Waals surface area contributed by atoms with Crippen molar-refractivity contribution in [2.75, 3.05) is 31.1 Å². The summed E-state index contributed by atoms with van der Waals surface area (Å²) in [4.78, 5) is 40.2. The Hall–Kier alpha value is -4.56. The number of anilines is 1. The van der Waals surface area contributed by atoms with Crippen molar-refractivity contribution in [3.63, 3.8) is 0 Å². The van der Waals surface area contributed by atoms with Crippen molar-refractivity contribution in [2.45, 2.75) is 19.4 Å². The maximum Gasteiger partial charge on any atom is 0.288 e. The van der Waals surface area contributed by atoms with Crippen LogP contribution >= 0.6 is 0 Å². The lowest BCUT2D eigenvalue weighted by Gasteiger charge is -2.28. The van der Waals surface area contributed by atoms with Crippen LogP contribution in [-0.2, 0) is 4.79 Å². The summed E-state index contributed by atoms with van der Waals surface area (Å²) in [6, 6.07) is 1.22. The molecule has 36 heavy (non-hydrogen) atoms. The molecule has 3 aromatic rings. The van der Waals surface area contributed by atoms with E-state index in [1.54, 1.807) is 22.3 Å². The van der Waals surface area contributed by atoms with Gasteiger partial charge < -0.3 is 16.0 Å². The molecule has 2 amide bonds. The molecule has 0 bridgehead atoms. The Balaban J connectivity index is 1.57. The van der Waals surface area contributed by atoms with E-state index in [2.05, 4.69) is 35.5 Å². The Morgan fingerprint density at radius 1 is 1.28 bits per heavy atom. The Morgan fingerprint density at radius 2 is 2.11 bits per heavy atom. The van der Waals surface area contributed by atoms with E-state index in [1.165, 1.54) is 13.0 Å². The Bertz CT molecular complexity index is 1280. The van der Waals surface area contributed by atoms with Gasteiger partial charge in [0.05, 0.1) is 25.0 Å². The number of carbonyl (C=O) groups is 2.